The Morgan fingerprint density at radius 3 is 2.28 bits per heavy atom. The van der Waals surface area contributed by atoms with Gasteiger partial charge < -0.3 is 20.1 Å². The number of nitrogens with zero attached hydrogens (tertiary/aromatic N) is 1. The molecule has 0 atom stereocenters. The van der Waals surface area contributed by atoms with Gasteiger partial charge in [-0.1, -0.05) is 18.2 Å². The molecule has 0 fully saturated rings. The van der Waals surface area contributed by atoms with Crippen molar-refractivity contribution >= 4 is 39.2 Å². The lowest BCUT2D eigenvalue weighted by Gasteiger charge is -2.13. The van der Waals surface area contributed by atoms with E-state index in [-0.39, 0.29) is 28.5 Å². The number of aryl methyl sites for hydroxylation is 1. The van der Waals surface area contributed by atoms with Crippen molar-refractivity contribution in [3.05, 3.63) is 64.9 Å². The van der Waals surface area contributed by atoms with Crippen LogP contribution in [0.15, 0.2) is 63.0 Å². The van der Waals surface area contributed by atoms with Crippen LogP contribution in [0.5, 0.6) is 0 Å². The van der Waals surface area contributed by atoms with Crippen molar-refractivity contribution in [1.29, 1.82) is 0 Å². The second-order valence-electron chi connectivity index (χ2n) is 6.90. The summed E-state index contributed by atoms with van der Waals surface area (Å²) in [5.74, 6) is -1.60. The fourth-order valence-corrected chi connectivity index (χ4v) is 4.37. The molecule has 32 heavy (non-hydrogen) atoms. The molecule has 1 aliphatic heterocycles. The van der Waals surface area contributed by atoms with Crippen LogP contribution in [0.4, 0.5) is 11.4 Å². The van der Waals surface area contributed by atoms with E-state index < -0.39 is 22.0 Å². The Kier molecular flexibility index (Phi) is 6.64. The molecule has 0 aromatic heterocycles. The first-order valence-corrected chi connectivity index (χ1v) is 11.2. The lowest BCUT2D eigenvalue weighted by Crippen LogP contribution is -2.25. The van der Waals surface area contributed by atoms with Gasteiger partial charge in [0.1, 0.15) is 5.57 Å². The van der Waals surface area contributed by atoms with Gasteiger partial charge in [0.2, 0.25) is 0 Å². The number of esters is 2. The maximum absolute atomic E-state index is 13.3. The van der Waals surface area contributed by atoms with Crippen molar-refractivity contribution in [2.24, 2.45) is 4.40 Å². The quantitative estimate of drug-likeness (QED) is 0.656. The van der Waals surface area contributed by atoms with E-state index in [0.29, 0.717) is 22.6 Å². The van der Waals surface area contributed by atoms with E-state index >= 15 is 0 Å². The van der Waals surface area contributed by atoms with E-state index in [2.05, 4.69) is 19.8 Å². The Labute approximate surface area is 186 Å². The zero-order chi connectivity index (χ0) is 23.5. The summed E-state index contributed by atoms with van der Waals surface area (Å²) in [4.78, 5) is 24.4. The Morgan fingerprint density at radius 1 is 1.00 bits per heavy atom. The molecule has 0 radical (unpaired) electrons. The number of methoxy groups -OCH3 is 1. The highest BCUT2D eigenvalue weighted by molar-refractivity contribution is 7.90. The number of amidine groups is 1. The Bertz CT molecular complexity index is 1250. The average molecular weight is 458 g/mol. The zero-order valence-electron chi connectivity index (χ0n) is 18.1. The fourth-order valence-electron chi connectivity index (χ4n) is 3.15. The number of rotatable bonds is 5. The van der Waals surface area contributed by atoms with Crippen LogP contribution in [0.1, 0.15) is 29.8 Å². The van der Waals surface area contributed by atoms with Crippen molar-refractivity contribution in [3.8, 4) is 0 Å². The topological polar surface area (TPSA) is 123 Å². The molecule has 0 unspecified atom stereocenters. The molecule has 1 heterocycles. The number of sulfonamides is 1. The maximum atomic E-state index is 13.3. The van der Waals surface area contributed by atoms with Crippen LogP contribution in [0.3, 0.4) is 0 Å². The standard InChI is InChI=1S/C22H23N3O6S/c1-5-31-22(27)19-14(3)23-16-8-6-7-9-17(16)24-20(19)25-32(28,29)18-12-15(21(26)30-4)11-10-13(18)2/h6-12,23H,5H2,1-4H3,(H,24,25). The molecule has 0 amide bonds. The van der Waals surface area contributed by atoms with Gasteiger partial charge in [0.25, 0.3) is 10.0 Å². The molecule has 2 N–H and O–H groups in total. The maximum Gasteiger partial charge on any atom is 0.343 e. The Balaban J connectivity index is 2.19. The molecule has 0 saturated heterocycles. The Morgan fingerprint density at radius 2 is 1.66 bits per heavy atom. The van der Waals surface area contributed by atoms with Gasteiger partial charge in [-0.2, -0.15) is 8.42 Å². The molecule has 2 aromatic rings. The second-order valence-corrected chi connectivity index (χ2v) is 8.48. The number of allylic oxidation sites excluding steroid dienone is 1. The van der Waals surface area contributed by atoms with Gasteiger partial charge in [-0.25, -0.2) is 9.59 Å². The highest BCUT2D eigenvalue weighted by Gasteiger charge is 2.28. The molecule has 10 heteroatoms. The Hall–Kier alpha value is -3.66. The third-order valence-electron chi connectivity index (χ3n) is 4.69. The smallest absolute Gasteiger partial charge is 0.343 e. The third kappa shape index (κ3) is 4.65. The molecule has 0 saturated carbocycles. The molecule has 168 valence electrons. The predicted molar refractivity (Wildman–Crippen MR) is 120 cm³/mol. The van der Waals surface area contributed by atoms with Crippen molar-refractivity contribution in [1.82, 2.24) is 0 Å². The summed E-state index contributed by atoms with van der Waals surface area (Å²) < 4.78 is 40.3. The lowest BCUT2D eigenvalue weighted by atomic mass is 10.1. The average Bonchev–Trinajstić information content (AvgIpc) is 2.88. The number of nitrogens with one attached hydrogen (secondary N) is 2. The monoisotopic (exact) mass is 457 g/mol. The molecular weight excluding hydrogens is 434 g/mol. The minimum Gasteiger partial charge on any atom is -0.465 e. The first kappa shape index (κ1) is 23.0. The van der Waals surface area contributed by atoms with Gasteiger partial charge in [0.05, 0.1) is 35.6 Å². The highest BCUT2D eigenvalue weighted by atomic mass is 32.2. The normalized spacial score (nSPS) is 14.7. The van der Waals surface area contributed by atoms with Crippen LogP contribution in [0, 0.1) is 6.92 Å². The van der Waals surface area contributed by atoms with Crippen molar-refractivity contribution in [2.45, 2.75) is 25.7 Å². The van der Waals surface area contributed by atoms with E-state index in [1.54, 1.807) is 45.0 Å². The fraction of sp³-hybridized carbons (Fsp3) is 0.227. The molecule has 0 aliphatic carbocycles. The molecule has 2 aromatic carbocycles. The predicted octanol–water partition coefficient (Wildman–Crippen LogP) is 3.24. The minimum absolute atomic E-state index is 0.0478. The van der Waals surface area contributed by atoms with Crippen molar-refractivity contribution < 1.29 is 27.5 Å². The number of para-hydroxylation sites is 2. The summed E-state index contributed by atoms with van der Waals surface area (Å²) in [7, 11) is -3.13. The van der Waals surface area contributed by atoms with E-state index in [1.807, 2.05) is 0 Å². The van der Waals surface area contributed by atoms with E-state index in [0.717, 1.165) is 0 Å². The third-order valence-corrected chi connectivity index (χ3v) is 6.11. The van der Waals surface area contributed by atoms with Crippen LogP contribution in [0.25, 0.3) is 0 Å². The van der Waals surface area contributed by atoms with Gasteiger partial charge in [-0.15, -0.1) is 4.40 Å². The minimum atomic E-state index is -4.33. The number of fused-ring (bicyclic) bond motifs is 1. The second kappa shape index (κ2) is 9.23. The van der Waals surface area contributed by atoms with Crippen LogP contribution in [-0.2, 0) is 24.3 Å². The highest BCUT2D eigenvalue weighted by Crippen LogP contribution is 2.29. The van der Waals surface area contributed by atoms with Crippen molar-refractivity contribution in [2.75, 3.05) is 24.4 Å². The number of carbonyl (C=O) groups is 2. The number of hydrogen-bond acceptors (Lipinski definition) is 7. The summed E-state index contributed by atoms with van der Waals surface area (Å²) in [6, 6.07) is 11.2. The summed E-state index contributed by atoms with van der Waals surface area (Å²) in [6.45, 7) is 4.96. The van der Waals surface area contributed by atoms with Gasteiger partial charge in [0.15, 0.2) is 5.84 Å². The van der Waals surface area contributed by atoms with Crippen LogP contribution in [-0.4, -0.2) is 39.9 Å². The van der Waals surface area contributed by atoms with Crippen molar-refractivity contribution in [3.63, 3.8) is 0 Å². The molecule has 0 bridgehead atoms. The number of carbonyl (C=O) groups excluding carboxylic acids is 2. The number of ether oxygens (including phenoxy) is 2. The van der Waals surface area contributed by atoms with Gasteiger partial charge in [0, 0.05) is 5.70 Å². The summed E-state index contributed by atoms with van der Waals surface area (Å²) in [5.41, 5.74) is 1.93. The van der Waals surface area contributed by atoms with Crippen LogP contribution < -0.4 is 10.6 Å². The molecule has 3 rings (SSSR count). The number of hydrogen-bond donors (Lipinski definition) is 2. The van der Waals surface area contributed by atoms with E-state index in [9.17, 15) is 18.0 Å². The molecule has 9 nitrogen and oxygen atoms in total. The number of anilines is 2. The van der Waals surface area contributed by atoms with Crippen LogP contribution >= 0.6 is 0 Å². The van der Waals surface area contributed by atoms with Gasteiger partial charge in [-0.05, 0) is 50.6 Å². The first-order valence-electron chi connectivity index (χ1n) is 9.73. The lowest BCUT2D eigenvalue weighted by molar-refractivity contribution is -0.137. The van der Waals surface area contributed by atoms with E-state index in [4.69, 9.17) is 4.74 Å². The van der Waals surface area contributed by atoms with E-state index in [1.165, 1.54) is 25.3 Å². The summed E-state index contributed by atoms with van der Waals surface area (Å²) in [6.07, 6.45) is 0. The largest absolute Gasteiger partial charge is 0.465 e. The first-order chi connectivity index (χ1) is 15.2. The SMILES string of the molecule is CCOC(=O)C1=C(C)Nc2ccccc2N/C1=N/S(=O)(=O)c1cc(C(=O)OC)ccc1C. The zero-order valence-corrected chi connectivity index (χ0v) is 18.9. The molecular formula is C22H23N3O6S. The molecule has 0 spiro atoms. The summed E-state index contributed by atoms with van der Waals surface area (Å²) in [5, 5.41) is 6.02. The van der Waals surface area contributed by atoms with Crippen LogP contribution in [0.2, 0.25) is 0 Å². The summed E-state index contributed by atoms with van der Waals surface area (Å²) >= 11 is 0. The number of benzene rings is 2. The molecule has 1 aliphatic rings. The van der Waals surface area contributed by atoms with Gasteiger partial charge >= 0.3 is 11.9 Å². The van der Waals surface area contributed by atoms with Gasteiger partial charge in [-0.3, -0.25) is 0 Å².